The normalized spacial score (nSPS) is 21.9. The standard InChI is InChI=1S/C32H38N8O2S/c1-4-39-17-25-13-24(39)18-40(25)32-34-20(2)11-29(37-32)36-28-14-26-27(15-33-28)43-30(35-26)22-8-5-9-23(12-22)31(41)38(3)16-21-7-6-10-42-19-21/h5,8-9,11-12,14-15,21,24-25H,4,6-7,10,13,16-19H2,1-3H3,(H,33,34,36,37)/t21?,24-,25-/m0/s1. The monoisotopic (exact) mass is 598 g/mol. The summed E-state index contributed by atoms with van der Waals surface area (Å²) < 4.78 is 6.59. The Morgan fingerprint density at radius 1 is 1.14 bits per heavy atom. The van der Waals surface area contributed by atoms with Crippen LogP contribution in [0.5, 0.6) is 0 Å². The van der Waals surface area contributed by atoms with Gasteiger partial charge in [0.15, 0.2) is 0 Å². The lowest BCUT2D eigenvalue weighted by molar-refractivity contribution is 0.0388. The van der Waals surface area contributed by atoms with Gasteiger partial charge in [-0.05, 0) is 50.8 Å². The van der Waals surface area contributed by atoms with E-state index in [1.807, 2.05) is 61.5 Å². The number of nitrogens with zero attached hydrogens (tertiary/aromatic N) is 7. The first-order valence-corrected chi connectivity index (χ1v) is 16.1. The molecule has 2 bridgehead atoms. The number of hydrogen-bond donors (Lipinski definition) is 1. The number of likely N-dealkylation sites (tertiary alicyclic amines) is 1. The zero-order chi connectivity index (χ0) is 29.5. The van der Waals surface area contributed by atoms with E-state index in [9.17, 15) is 4.79 Å². The van der Waals surface area contributed by atoms with Crippen molar-refractivity contribution in [1.29, 1.82) is 0 Å². The average Bonchev–Trinajstić information content (AvgIpc) is 3.75. The molecule has 3 aliphatic heterocycles. The van der Waals surface area contributed by atoms with Gasteiger partial charge in [-0.15, -0.1) is 11.3 Å². The summed E-state index contributed by atoms with van der Waals surface area (Å²) in [5.41, 5.74) is 3.37. The lowest BCUT2D eigenvalue weighted by Crippen LogP contribution is -2.46. The first-order chi connectivity index (χ1) is 20.9. The van der Waals surface area contributed by atoms with E-state index >= 15 is 0 Å². The number of thiazole rings is 1. The van der Waals surface area contributed by atoms with Gasteiger partial charge in [0.25, 0.3) is 5.91 Å². The minimum Gasteiger partial charge on any atom is -0.381 e. The number of rotatable bonds is 8. The summed E-state index contributed by atoms with van der Waals surface area (Å²) in [5.74, 6) is 2.62. The van der Waals surface area contributed by atoms with Gasteiger partial charge in [0.1, 0.15) is 16.6 Å². The van der Waals surface area contributed by atoms with E-state index in [-0.39, 0.29) is 5.91 Å². The van der Waals surface area contributed by atoms with Crippen LogP contribution in [0.2, 0.25) is 0 Å². The molecule has 0 aliphatic carbocycles. The molecule has 3 atom stereocenters. The summed E-state index contributed by atoms with van der Waals surface area (Å²) in [6, 6.07) is 12.7. The summed E-state index contributed by atoms with van der Waals surface area (Å²) in [4.78, 5) is 39.2. The van der Waals surface area contributed by atoms with Gasteiger partial charge in [0.2, 0.25) is 5.95 Å². The average molecular weight is 599 g/mol. The second-order valence-electron chi connectivity index (χ2n) is 12.0. The molecule has 43 heavy (non-hydrogen) atoms. The van der Waals surface area contributed by atoms with E-state index in [4.69, 9.17) is 19.7 Å². The van der Waals surface area contributed by atoms with Crippen molar-refractivity contribution < 1.29 is 9.53 Å². The van der Waals surface area contributed by atoms with Crippen LogP contribution in [-0.4, -0.2) is 94.2 Å². The molecule has 224 valence electrons. The molecule has 4 aromatic rings. The second kappa shape index (κ2) is 11.8. The zero-order valence-corrected chi connectivity index (χ0v) is 25.8. The van der Waals surface area contributed by atoms with E-state index in [1.54, 1.807) is 11.3 Å². The molecule has 3 aromatic heterocycles. The first kappa shape index (κ1) is 28.1. The number of nitrogens with one attached hydrogen (secondary N) is 1. The maximum Gasteiger partial charge on any atom is 0.253 e. The Balaban J connectivity index is 1.07. The van der Waals surface area contributed by atoms with Crippen LogP contribution in [0.15, 0.2) is 42.6 Å². The van der Waals surface area contributed by atoms with Crippen molar-refractivity contribution in [2.75, 3.05) is 56.7 Å². The van der Waals surface area contributed by atoms with Crippen molar-refractivity contribution in [3.8, 4) is 10.6 Å². The van der Waals surface area contributed by atoms with Crippen molar-refractivity contribution in [2.24, 2.45) is 5.92 Å². The lowest BCUT2D eigenvalue weighted by atomic mass is 10.0. The van der Waals surface area contributed by atoms with Crippen LogP contribution in [0.4, 0.5) is 17.6 Å². The fourth-order valence-electron chi connectivity index (χ4n) is 6.71. The molecule has 0 radical (unpaired) electrons. The van der Waals surface area contributed by atoms with E-state index < -0.39 is 0 Å². The number of carbonyl (C=O) groups is 1. The van der Waals surface area contributed by atoms with E-state index in [2.05, 4.69) is 27.0 Å². The molecule has 1 unspecified atom stereocenters. The molecule has 10 nitrogen and oxygen atoms in total. The number of fused-ring (bicyclic) bond motifs is 3. The highest BCUT2D eigenvalue weighted by atomic mass is 32.1. The molecule has 3 aliphatic rings. The van der Waals surface area contributed by atoms with Crippen LogP contribution in [0.25, 0.3) is 20.8 Å². The van der Waals surface area contributed by atoms with E-state index in [0.717, 1.165) is 83.9 Å². The highest BCUT2D eigenvalue weighted by molar-refractivity contribution is 7.21. The lowest BCUT2D eigenvalue weighted by Gasteiger charge is -2.33. The summed E-state index contributed by atoms with van der Waals surface area (Å²) in [7, 11) is 1.87. The largest absolute Gasteiger partial charge is 0.381 e. The van der Waals surface area contributed by atoms with Gasteiger partial charge in [-0.25, -0.2) is 15.0 Å². The first-order valence-electron chi connectivity index (χ1n) is 15.3. The van der Waals surface area contributed by atoms with Gasteiger partial charge in [0, 0.05) is 80.5 Å². The van der Waals surface area contributed by atoms with Crippen LogP contribution in [-0.2, 0) is 4.74 Å². The van der Waals surface area contributed by atoms with Crippen LogP contribution >= 0.6 is 11.3 Å². The van der Waals surface area contributed by atoms with Crippen molar-refractivity contribution in [1.82, 2.24) is 29.7 Å². The minimum absolute atomic E-state index is 0.0191. The van der Waals surface area contributed by atoms with Crippen molar-refractivity contribution in [2.45, 2.75) is 45.2 Å². The van der Waals surface area contributed by atoms with E-state index in [0.29, 0.717) is 35.9 Å². The summed E-state index contributed by atoms with van der Waals surface area (Å²) in [5, 5.41) is 4.25. The predicted molar refractivity (Wildman–Crippen MR) is 170 cm³/mol. The number of piperazine rings is 1. The third kappa shape index (κ3) is 5.81. The van der Waals surface area contributed by atoms with Gasteiger partial charge >= 0.3 is 0 Å². The summed E-state index contributed by atoms with van der Waals surface area (Å²) >= 11 is 1.57. The van der Waals surface area contributed by atoms with Crippen LogP contribution < -0.4 is 10.2 Å². The molecule has 1 N–H and O–H groups in total. The fourth-order valence-corrected chi connectivity index (χ4v) is 7.62. The predicted octanol–water partition coefficient (Wildman–Crippen LogP) is 4.98. The van der Waals surface area contributed by atoms with Crippen LogP contribution in [0.3, 0.4) is 0 Å². The Hall–Kier alpha value is -3.67. The number of anilines is 3. The van der Waals surface area contributed by atoms with Crippen molar-refractivity contribution in [3.63, 3.8) is 0 Å². The number of benzene rings is 1. The maximum absolute atomic E-state index is 13.2. The quantitative estimate of drug-likeness (QED) is 0.301. The highest BCUT2D eigenvalue weighted by Gasteiger charge is 2.43. The summed E-state index contributed by atoms with van der Waals surface area (Å²) in [6.45, 7) is 9.65. The smallest absolute Gasteiger partial charge is 0.253 e. The van der Waals surface area contributed by atoms with Crippen molar-refractivity contribution in [3.05, 3.63) is 53.9 Å². The number of likely N-dealkylation sites (N-methyl/N-ethyl adjacent to an activating group) is 1. The van der Waals surface area contributed by atoms with Gasteiger partial charge in [0.05, 0.1) is 16.8 Å². The molecule has 6 heterocycles. The van der Waals surface area contributed by atoms with E-state index in [1.165, 1.54) is 6.42 Å². The molecular formula is C32H38N8O2S. The Bertz CT molecular complexity index is 1640. The van der Waals surface area contributed by atoms with Gasteiger partial charge in [-0.2, -0.15) is 4.98 Å². The Morgan fingerprint density at radius 2 is 2.05 bits per heavy atom. The molecule has 7 rings (SSSR count). The molecule has 1 aromatic carbocycles. The number of aryl methyl sites for hydroxylation is 1. The number of hydrogen-bond acceptors (Lipinski definition) is 10. The Kier molecular flexibility index (Phi) is 7.71. The summed E-state index contributed by atoms with van der Waals surface area (Å²) in [6.07, 6.45) is 5.19. The Labute approximate surface area is 256 Å². The van der Waals surface area contributed by atoms with Crippen LogP contribution in [0, 0.1) is 12.8 Å². The Morgan fingerprint density at radius 3 is 2.84 bits per heavy atom. The van der Waals surface area contributed by atoms with Crippen molar-refractivity contribution >= 4 is 45.0 Å². The third-order valence-electron chi connectivity index (χ3n) is 8.88. The highest BCUT2D eigenvalue weighted by Crippen LogP contribution is 2.34. The zero-order valence-electron chi connectivity index (χ0n) is 25.0. The third-order valence-corrected chi connectivity index (χ3v) is 9.94. The topological polar surface area (TPSA) is 99.6 Å². The minimum atomic E-state index is 0.0191. The van der Waals surface area contributed by atoms with Crippen LogP contribution in [0.1, 0.15) is 42.2 Å². The molecule has 3 saturated heterocycles. The molecule has 1 amide bonds. The number of aromatic nitrogens is 4. The molecule has 0 saturated carbocycles. The SMILES string of the molecule is CCN1C[C@@H]2C[C@H]1CN2c1nc(C)cc(Nc2cc3nc(-c4cccc(C(=O)N(C)CC5CCCOC5)c4)sc3cn2)n1. The van der Waals surface area contributed by atoms with Gasteiger partial charge in [-0.1, -0.05) is 19.1 Å². The molecule has 11 heteroatoms. The van der Waals surface area contributed by atoms with Gasteiger partial charge in [-0.3, -0.25) is 9.69 Å². The molecular weight excluding hydrogens is 560 g/mol. The maximum atomic E-state index is 13.2. The number of carbonyl (C=O) groups excluding carboxylic acids is 1. The molecule has 0 spiro atoms. The molecule has 3 fully saturated rings. The number of ether oxygens (including phenoxy) is 1. The van der Waals surface area contributed by atoms with Gasteiger partial charge < -0.3 is 19.9 Å². The fraction of sp³-hybridized carbons (Fsp3) is 0.469. The number of amides is 1. The number of pyridine rings is 1. The second-order valence-corrected chi connectivity index (χ2v) is 13.0.